The van der Waals surface area contributed by atoms with E-state index in [0.717, 1.165) is 11.8 Å². The molecule has 3 rings (SSSR count). The Labute approximate surface area is 124 Å². The van der Waals surface area contributed by atoms with Crippen molar-refractivity contribution in [2.75, 3.05) is 0 Å². The molecule has 0 aromatic heterocycles. The van der Waals surface area contributed by atoms with Crippen LogP contribution in [0.4, 0.5) is 0 Å². The molecule has 2 fully saturated rings. The van der Waals surface area contributed by atoms with E-state index >= 15 is 0 Å². The van der Waals surface area contributed by atoms with E-state index in [1.54, 1.807) is 11.1 Å². The number of hydrogen-bond acceptors (Lipinski definition) is 0. The second kappa shape index (κ2) is 6.16. The molecule has 20 heavy (non-hydrogen) atoms. The fraction of sp³-hybridized carbons (Fsp3) is 0.600. The van der Waals surface area contributed by atoms with Gasteiger partial charge < -0.3 is 0 Å². The third-order valence-electron chi connectivity index (χ3n) is 5.73. The van der Waals surface area contributed by atoms with Gasteiger partial charge in [-0.05, 0) is 80.4 Å². The average Bonchev–Trinajstić information content (AvgIpc) is 2.46. The number of rotatable bonds is 3. The minimum atomic E-state index is 0.823. The van der Waals surface area contributed by atoms with Crippen LogP contribution in [0.2, 0.25) is 0 Å². The lowest BCUT2D eigenvalue weighted by molar-refractivity contribution is 0.319. The van der Waals surface area contributed by atoms with Crippen LogP contribution in [0.15, 0.2) is 29.8 Å². The van der Waals surface area contributed by atoms with Crippen molar-refractivity contribution < 1.29 is 0 Å². The highest BCUT2D eigenvalue weighted by molar-refractivity contribution is 5.68. The SMILES string of the molecule is CCC1CCC(c2ccc(C(C)=C3CCC3)cc2)CC1. The first kappa shape index (κ1) is 13.9. The molecular weight excluding hydrogens is 240 g/mol. The molecule has 0 spiro atoms. The van der Waals surface area contributed by atoms with Gasteiger partial charge in [0.05, 0.1) is 0 Å². The van der Waals surface area contributed by atoms with E-state index in [1.807, 2.05) is 0 Å². The van der Waals surface area contributed by atoms with E-state index in [-0.39, 0.29) is 0 Å². The van der Waals surface area contributed by atoms with Crippen molar-refractivity contribution in [3.05, 3.63) is 41.0 Å². The molecule has 0 heteroatoms. The predicted molar refractivity (Wildman–Crippen MR) is 87.9 cm³/mol. The van der Waals surface area contributed by atoms with E-state index in [9.17, 15) is 0 Å². The van der Waals surface area contributed by atoms with Gasteiger partial charge in [0.1, 0.15) is 0 Å². The predicted octanol–water partition coefficient (Wildman–Crippen LogP) is 6.33. The van der Waals surface area contributed by atoms with Crippen molar-refractivity contribution in [1.29, 1.82) is 0 Å². The second-order valence-corrected chi connectivity index (χ2v) is 6.83. The maximum Gasteiger partial charge on any atom is -0.0162 e. The minimum absolute atomic E-state index is 0.823. The summed E-state index contributed by atoms with van der Waals surface area (Å²) in [6, 6.07) is 9.52. The van der Waals surface area contributed by atoms with Crippen LogP contribution in [0.25, 0.3) is 5.57 Å². The largest absolute Gasteiger partial charge is 0.0667 e. The summed E-state index contributed by atoms with van der Waals surface area (Å²) in [6.45, 7) is 4.65. The quantitative estimate of drug-likeness (QED) is 0.601. The zero-order chi connectivity index (χ0) is 13.9. The molecular formula is C20H28. The highest BCUT2D eigenvalue weighted by atomic mass is 14.3. The smallest absolute Gasteiger partial charge is 0.0162 e. The monoisotopic (exact) mass is 268 g/mol. The Morgan fingerprint density at radius 1 is 1.00 bits per heavy atom. The zero-order valence-corrected chi connectivity index (χ0v) is 13.1. The number of allylic oxidation sites excluding steroid dienone is 2. The van der Waals surface area contributed by atoms with Gasteiger partial charge in [-0.15, -0.1) is 0 Å². The Morgan fingerprint density at radius 3 is 2.15 bits per heavy atom. The fourth-order valence-corrected chi connectivity index (χ4v) is 3.84. The number of hydrogen-bond donors (Lipinski definition) is 0. The van der Waals surface area contributed by atoms with Crippen LogP contribution in [0.1, 0.15) is 82.3 Å². The Hall–Kier alpha value is -1.04. The maximum atomic E-state index is 2.40. The Balaban J connectivity index is 1.67. The highest BCUT2D eigenvalue weighted by Crippen LogP contribution is 2.38. The minimum Gasteiger partial charge on any atom is -0.0667 e. The first-order chi connectivity index (χ1) is 9.78. The molecule has 108 valence electrons. The lowest BCUT2D eigenvalue weighted by Crippen LogP contribution is -2.12. The van der Waals surface area contributed by atoms with Gasteiger partial charge in [0, 0.05) is 0 Å². The molecule has 0 aliphatic heterocycles. The summed E-state index contributed by atoms with van der Waals surface area (Å²) in [5.41, 5.74) is 6.25. The summed E-state index contributed by atoms with van der Waals surface area (Å²) >= 11 is 0. The Morgan fingerprint density at radius 2 is 1.65 bits per heavy atom. The average molecular weight is 268 g/mol. The van der Waals surface area contributed by atoms with Gasteiger partial charge in [-0.3, -0.25) is 0 Å². The van der Waals surface area contributed by atoms with Crippen LogP contribution >= 0.6 is 0 Å². The molecule has 2 aliphatic rings. The van der Waals surface area contributed by atoms with Crippen molar-refractivity contribution in [3.8, 4) is 0 Å². The van der Waals surface area contributed by atoms with Crippen LogP contribution in [0.5, 0.6) is 0 Å². The van der Waals surface area contributed by atoms with Crippen molar-refractivity contribution in [2.45, 2.75) is 71.1 Å². The third-order valence-corrected chi connectivity index (χ3v) is 5.73. The topological polar surface area (TPSA) is 0 Å². The normalized spacial score (nSPS) is 26.2. The summed E-state index contributed by atoms with van der Waals surface area (Å²) in [5.74, 6) is 1.82. The molecule has 0 radical (unpaired) electrons. The van der Waals surface area contributed by atoms with Crippen LogP contribution in [-0.4, -0.2) is 0 Å². The van der Waals surface area contributed by atoms with Crippen molar-refractivity contribution in [3.63, 3.8) is 0 Å². The van der Waals surface area contributed by atoms with Crippen LogP contribution in [-0.2, 0) is 0 Å². The van der Waals surface area contributed by atoms with E-state index in [0.29, 0.717) is 0 Å². The summed E-state index contributed by atoms with van der Waals surface area (Å²) in [7, 11) is 0. The van der Waals surface area contributed by atoms with Crippen molar-refractivity contribution >= 4 is 5.57 Å². The molecule has 0 nitrogen and oxygen atoms in total. The van der Waals surface area contributed by atoms with Gasteiger partial charge in [0.25, 0.3) is 0 Å². The molecule has 0 atom stereocenters. The van der Waals surface area contributed by atoms with Gasteiger partial charge in [-0.25, -0.2) is 0 Å². The van der Waals surface area contributed by atoms with Gasteiger partial charge in [0.15, 0.2) is 0 Å². The second-order valence-electron chi connectivity index (χ2n) is 6.83. The maximum absolute atomic E-state index is 2.40. The van der Waals surface area contributed by atoms with E-state index in [1.165, 1.54) is 62.5 Å². The molecule has 2 aliphatic carbocycles. The highest BCUT2D eigenvalue weighted by Gasteiger charge is 2.21. The zero-order valence-electron chi connectivity index (χ0n) is 13.1. The molecule has 1 aromatic rings. The Bertz CT molecular complexity index is 463. The van der Waals surface area contributed by atoms with E-state index < -0.39 is 0 Å². The summed E-state index contributed by atoms with van der Waals surface area (Å²) in [5, 5.41) is 0. The Kier molecular flexibility index (Phi) is 4.29. The van der Waals surface area contributed by atoms with E-state index in [4.69, 9.17) is 0 Å². The van der Waals surface area contributed by atoms with Gasteiger partial charge in [-0.2, -0.15) is 0 Å². The van der Waals surface area contributed by atoms with Gasteiger partial charge in [0.2, 0.25) is 0 Å². The first-order valence-electron chi connectivity index (χ1n) is 8.57. The van der Waals surface area contributed by atoms with Crippen molar-refractivity contribution in [1.82, 2.24) is 0 Å². The lowest BCUT2D eigenvalue weighted by atomic mass is 9.77. The third kappa shape index (κ3) is 2.85. The summed E-state index contributed by atoms with van der Waals surface area (Å²) in [4.78, 5) is 0. The lowest BCUT2D eigenvalue weighted by Gasteiger charge is -2.28. The van der Waals surface area contributed by atoms with Crippen LogP contribution in [0.3, 0.4) is 0 Å². The van der Waals surface area contributed by atoms with Gasteiger partial charge in [-0.1, -0.05) is 43.2 Å². The fourth-order valence-electron chi connectivity index (χ4n) is 3.84. The molecule has 0 unspecified atom stereocenters. The molecule has 0 N–H and O–H groups in total. The van der Waals surface area contributed by atoms with Crippen LogP contribution < -0.4 is 0 Å². The molecule has 1 aromatic carbocycles. The number of benzene rings is 1. The molecule has 0 bridgehead atoms. The molecule has 0 saturated heterocycles. The van der Waals surface area contributed by atoms with Crippen LogP contribution in [0, 0.1) is 5.92 Å². The first-order valence-corrected chi connectivity index (χ1v) is 8.57. The van der Waals surface area contributed by atoms with E-state index in [2.05, 4.69) is 38.1 Å². The summed E-state index contributed by atoms with van der Waals surface area (Å²) in [6.07, 6.45) is 11.1. The molecule has 0 amide bonds. The summed E-state index contributed by atoms with van der Waals surface area (Å²) < 4.78 is 0. The molecule has 0 heterocycles. The van der Waals surface area contributed by atoms with Crippen molar-refractivity contribution in [2.24, 2.45) is 5.92 Å². The molecule has 2 saturated carbocycles. The standard InChI is InChI=1S/C20H28/c1-3-16-7-9-19(10-8-16)20-13-11-18(12-14-20)15(2)17-5-4-6-17/h11-14,16,19H,3-10H2,1-2H3. The van der Waals surface area contributed by atoms with Gasteiger partial charge >= 0.3 is 0 Å².